The average molecular weight is 470 g/mol. The van der Waals surface area contributed by atoms with E-state index in [0.717, 1.165) is 71.1 Å². The maximum Gasteiger partial charge on any atom is 0.500 e. The van der Waals surface area contributed by atoms with E-state index in [1.807, 2.05) is 0 Å². The summed E-state index contributed by atoms with van der Waals surface area (Å²) >= 11 is 0. The van der Waals surface area contributed by atoms with Crippen LogP contribution in [-0.2, 0) is 13.3 Å². The van der Waals surface area contributed by atoms with Crippen LogP contribution < -0.4 is 22.1 Å². The van der Waals surface area contributed by atoms with E-state index in [9.17, 15) is 0 Å². The summed E-state index contributed by atoms with van der Waals surface area (Å²) in [5, 5.41) is 6.50. The fourth-order valence-corrected chi connectivity index (χ4v) is 3.79. The Labute approximate surface area is 196 Å². The first kappa shape index (κ1) is 38.2. The Hall–Kier alpha value is -0.103. The Balaban J connectivity index is -0.000000188. The average Bonchev–Trinajstić information content (AvgIpc) is 2.79. The van der Waals surface area contributed by atoms with Crippen LogP contribution in [-0.4, -0.2) is 94.9 Å². The molecule has 0 heterocycles. The zero-order valence-corrected chi connectivity index (χ0v) is 23.5. The van der Waals surface area contributed by atoms with Crippen molar-refractivity contribution in [3.63, 3.8) is 0 Å². The molecular weight excluding hydrogens is 410 g/mol. The third kappa shape index (κ3) is 37.5. The highest BCUT2D eigenvalue weighted by Crippen LogP contribution is 2.14. The van der Waals surface area contributed by atoms with Crippen LogP contribution in [0.4, 0.5) is 0 Å². The molecule has 0 spiro atoms. The van der Waals surface area contributed by atoms with Crippen molar-refractivity contribution in [1.82, 2.24) is 15.5 Å². The minimum Gasteiger partial charge on any atom is -0.377 e. The second-order valence-corrected chi connectivity index (χ2v) is 10.3. The van der Waals surface area contributed by atoms with Gasteiger partial charge in [-0.1, -0.05) is 34.1 Å². The summed E-state index contributed by atoms with van der Waals surface area (Å²) < 4.78 is 16.0. The Kier molecular flexibility index (Phi) is 42.5. The quantitative estimate of drug-likeness (QED) is 0.202. The van der Waals surface area contributed by atoms with Crippen LogP contribution in [0.1, 0.15) is 59.8 Å². The highest BCUT2D eigenvalue weighted by molar-refractivity contribution is 6.60. The number of nitrogens with two attached hydrogens (primary N) is 2. The SMILES string of the molecule is CCCCNCCC[Si](OC)(OC)OC.CCCN.CCNCC.CN(C)CCCN. The number of unbranched alkanes of at least 4 members (excludes halogenated alkanes) is 1. The van der Waals surface area contributed by atoms with Crippen molar-refractivity contribution in [3.8, 4) is 0 Å². The molecule has 0 radical (unpaired) electrons. The van der Waals surface area contributed by atoms with Crippen LogP contribution in [0.5, 0.6) is 0 Å². The Morgan fingerprint density at radius 2 is 1.19 bits per heavy atom. The Morgan fingerprint density at radius 3 is 1.45 bits per heavy atom. The molecule has 0 atom stereocenters. The van der Waals surface area contributed by atoms with E-state index in [1.165, 1.54) is 12.8 Å². The van der Waals surface area contributed by atoms with E-state index in [1.54, 1.807) is 21.3 Å². The molecule has 0 aromatic rings. The van der Waals surface area contributed by atoms with Gasteiger partial charge in [-0.25, -0.2) is 0 Å². The molecule has 8 nitrogen and oxygen atoms in total. The van der Waals surface area contributed by atoms with Crippen LogP contribution in [0.2, 0.25) is 6.04 Å². The fourth-order valence-electron chi connectivity index (χ4n) is 2.07. The second-order valence-electron chi connectivity index (χ2n) is 7.19. The van der Waals surface area contributed by atoms with Crippen LogP contribution in [0.25, 0.3) is 0 Å². The monoisotopic (exact) mass is 469 g/mol. The smallest absolute Gasteiger partial charge is 0.377 e. The van der Waals surface area contributed by atoms with Gasteiger partial charge >= 0.3 is 8.80 Å². The second kappa shape index (κ2) is 34.5. The van der Waals surface area contributed by atoms with Gasteiger partial charge in [0.1, 0.15) is 0 Å². The predicted molar refractivity (Wildman–Crippen MR) is 140 cm³/mol. The van der Waals surface area contributed by atoms with Crippen molar-refractivity contribution >= 4 is 8.80 Å². The lowest BCUT2D eigenvalue weighted by atomic mass is 10.3. The summed E-state index contributed by atoms with van der Waals surface area (Å²) in [5.41, 5.74) is 10.3. The van der Waals surface area contributed by atoms with Gasteiger partial charge in [0, 0.05) is 27.4 Å². The molecule has 0 bridgehead atoms. The van der Waals surface area contributed by atoms with Crippen LogP contribution >= 0.6 is 0 Å². The van der Waals surface area contributed by atoms with Gasteiger partial charge in [-0.3, -0.25) is 0 Å². The van der Waals surface area contributed by atoms with Crippen molar-refractivity contribution < 1.29 is 13.3 Å². The fraction of sp³-hybridized carbons (Fsp3) is 1.00. The van der Waals surface area contributed by atoms with Gasteiger partial charge in [-0.05, 0) is 85.6 Å². The molecular formula is C22H59N5O3Si. The van der Waals surface area contributed by atoms with E-state index in [0.29, 0.717) is 0 Å². The lowest BCUT2D eigenvalue weighted by Gasteiger charge is -2.24. The van der Waals surface area contributed by atoms with Gasteiger partial charge in [0.05, 0.1) is 0 Å². The van der Waals surface area contributed by atoms with Crippen LogP contribution in [0.3, 0.4) is 0 Å². The summed E-state index contributed by atoms with van der Waals surface area (Å²) in [6.45, 7) is 15.5. The first-order valence-corrected chi connectivity index (χ1v) is 13.9. The topological polar surface area (TPSA) is 107 Å². The lowest BCUT2D eigenvalue weighted by molar-refractivity contribution is 0.123. The van der Waals surface area contributed by atoms with Crippen LogP contribution in [0.15, 0.2) is 0 Å². The maximum atomic E-state index is 5.33. The van der Waals surface area contributed by atoms with E-state index < -0.39 is 8.80 Å². The normalized spacial score (nSPS) is 10.5. The summed E-state index contributed by atoms with van der Waals surface area (Å²) in [6.07, 6.45) is 5.71. The molecule has 0 aliphatic heterocycles. The minimum atomic E-state index is -2.33. The van der Waals surface area contributed by atoms with E-state index in [2.05, 4.69) is 57.3 Å². The number of rotatable bonds is 16. The van der Waals surface area contributed by atoms with Gasteiger partial charge in [0.2, 0.25) is 0 Å². The van der Waals surface area contributed by atoms with E-state index >= 15 is 0 Å². The van der Waals surface area contributed by atoms with Gasteiger partial charge in [0.15, 0.2) is 0 Å². The van der Waals surface area contributed by atoms with Gasteiger partial charge in [-0.15, -0.1) is 0 Å². The number of nitrogens with zero attached hydrogens (tertiary/aromatic N) is 1. The molecule has 0 fully saturated rings. The summed E-state index contributed by atoms with van der Waals surface area (Å²) in [6, 6.07) is 0.871. The molecule has 6 N–H and O–H groups in total. The predicted octanol–water partition coefficient (Wildman–Crippen LogP) is 2.51. The van der Waals surface area contributed by atoms with Gasteiger partial charge in [-0.2, -0.15) is 0 Å². The zero-order valence-electron chi connectivity index (χ0n) is 22.5. The molecule has 31 heavy (non-hydrogen) atoms. The third-order valence-electron chi connectivity index (χ3n) is 4.07. The third-order valence-corrected chi connectivity index (χ3v) is 6.91. The molecule has 0 saturated carbocycles. The zero-order chi connectivity index (χ0) is 24.8. The minimum absolute atomic E-state index is 0.804. The number of hydrogen-bond donors (Lipinski definition) is 4. The molecule has 0 aromatic heterocycles. The van der Waals surface area contributed by atoms with Crippen LogP contribution in [0, 0.1) is 0 Å². The Bertz CT molecular complexity index is 276. The summed E-state index contributed by atoms with van der Waals surface area (Å²) in [5.74, 6) is 0. The van der Waals surface area contributed by atoms with Gasteiger partial charge in [0.25, 0.3) is 0 Å². The molecule has 0 aliphatic carbocycles. The van der Waals surface area contributed by atoms with Gasteiger partial charge < -0.3 is 40.3 Å². The van der Waals surface area contributed by atoms with Crippen molar-refractivity contribution in [2.24, 2.45) is 11.5 Å². The van der Waals surface area contributed by atoms with E-state index in [-0.39, 0.29) is 0 Å². The first-order chi connectivity index (χ1) is 14.8. The summed E-state index contributed by atoms with van der Waals surface area (Å²) in [7, 11) is 6.75. The standard InChI is InChI=1S/C10H25NO3Si.C5H14N2.C4H11N.C3H9N/c1-5-6-8-11-9-7-10-15(12-2,13-3)14-4;1-7(2)5-3-4-6;1-3-5-4-2;1-2-3-4/h11H,5-10H2,1-4H3;3-6H2,1-2H3;5H,3-4H2,1-2H3;2-4H2,1H3. The Morgan fingerprint density at radius 1 is 0.710 bits per heavy atom. The molecule has 0 aliphatic rings. The molecule has 0 aromatic carbocycles. The maximum absolute atomic E-state index is 5.33. The summed E-state index contributed by atoms with van der Waals surface area (Å²) in [4.78, 5) is 2.13. The highest BCUT2D eigenvalue weighted by Gasteiger charge is 2.36. The molecule has 0 saturated heterocycles. The van der Waals surface area contributed by atoms with Crippen molar-refractivity contribution in [2.75, 3.05) is 81.2 Å². The first-order valence-electron chi connectivity index (χ1n) is 12.0. The lowest BCUT2D eigenvalue weighted by Crippen LogP contribution is -2.43. The molecule has 9 heteroatoms. The molecule has 0 rings (SSSR count). The van der Waals surface area contributed by atoms with Crippen molar-refractivity contribution in [1.29, 1.82) is 0 Å². The number of hydrogen-bond acceptors (Lipinski definition) is 8. The molecule has 0 unspecified atom stereocenters. The van der Waals surface area contributed by atoms with Crippen molar-refractivity contribution in [3.05, 3.63) is 0 Å². The van der Waals surface area contributed by atoms with E-state index in [4.69, 9.17) is 24.7 Å². The number of nitrogens with one attached hydrogen (secondary N) is 2. The highest BCUT2D eigenvalue weighted by atomic mass is 28.4. The van der Waals surface area contributed by atoms with Crippen molar-refractivity contribution in [2.45, 2.75) is 65.8 Å². The molecule has 0 amide bonds. The molecule has 194 valence electrons. The largest absolute Gasteiger partial charge is 0.500 e.